The topological polar surface area (TPSA) is 67.3 Å². The molecule has 6 nitrogen and oxygen atoms in total. The summed E-state index contributed by atoms with van der Waals surface area (Å²) in [6.07, 6.45) is 3.15. The molecule has 25 heavy (non-hydrogen) atoms. The van der Waals surface area contributed by atoms with Crippen LogP contribution in [-0.2, 0) is 4.79 Å². The van der Waals surface area contributed by atoms with Crippen LogP contribution in [0.3, 0.4) is 0 Å². The minimum Gasteiger partial charge on any atom is -0.481 e. The van der Waals surface area contributed by atoms with Crippen molar-refractivity contribution in [2.45, 2.75) is 18.9 Å². The SMILES string of the molecule is O=C(COc1ccc(F)cc1F)N1CCC(Nc2cccnn2)CC1. The zero-order valence-electron chi connectivity index (χ0n) is 13.5. The fraction of sp³-hybridized carbons (Fsp3) is 0.353. The number of rotatable bonds is 5. The summed E-state index contributed by atoms with van der Waals surface area (Å²) in [7, 11) is 0. The third-order valence-corrected chi connectivity index (χ3v) is 4.02. The third-order valence-electron chi connectivity index (χ3n) is 4.02. The van der Waals surface area contributed by atoms with Gasteiger partial charge in [0.25, 0.3) is 5.91 Å². The number of carbonyl (C=O) groups is 1. The average Bonchev–Trinajstić information content (AvgIpc) is 2.62. The molecule has 1 aromatic heterocycles. The van der Waals surface area contributed by atoms with Crippen molar-refractivity contribution in [1.82, 2.24) is 15.1 Å². The van der Waals surface area contributed by atoms with Crippen LogP contribution in [0.15, 0.2) is 36.5 Å². The van der Waals surface area contributed by atoms with E-state index in [1.54, 1.807) is 17.2 Å². The standard InChI is InChI=1S/C17H18F2N4O2/c18-12-3-4-15(14(19)10-12)25-11-17(24)23-8-5-13(6-9-23)21-16-2-1-7-20-22-16/h1-4,7,10,13H,5-6,8-9,11H2,(H,21,22). The van der Waals surface area contributed by atoms with Gasteiger partial charge in [-0.1, -0.05) is 0 Å². The number of likely N-dealkylation sites (tertiary alicyclic amines) is 1. The van der Waals surface area contributed by atoms with Crippen molar-refractivity contribution < 1.29 is 18.3 Å². The Morgan fingerprint density at radius 1 is 1.28 bits per heavy atom. The van der Waals surface area contributed by atoms with Crippen molar-refractivity contribution in [1.29, 1.82) is 0 Å². The highest BCUT2D eigenvalue weighted by atomic mass is 19.1. The van der Waals surface area contributed by atoms with Gasteiger partial charge in [-0.25, -0.2) is 8.78 Å². The molecule has 1 amide bonds. The minimum atomic E-state index is -0.820. The van der Waals surface area contributed by atoms with E-state index in [9.17, 15) is 13.6 Å². The normalized spacial score (nSPS) is 15.0. The number of nitrogens with one attached hydrogen (secondary N) is 1. The van der Waals surface area contributed by atoms with E-state index in [4.69, 9.17) is 4.74 Å². The summed E-state index contributed by atoms with van der Waals surface area (Å²) in [4.78, 5) is 13.9. The largest absolute Gasteiger partial charge is 0.481 e. The van der Waals surface area contributed by atoms with Gasteiger partial charge in [0.05, 0.1) is 0 Å². The Morgan fingerprint density at radius 3 is 2.76 bits per heavy atom. The molecule has 0 aliphatic carbocycles. The molecule has 1 saturated heterocycles. The Balaban J connectivity index is 1.45. The summed E-state index contributed by atoms with van der Waals surface area (Å²) in [5.41, 5.74) is 0. The van der Waals surface area contributed by atoms with Crippen LogP contribution in [0.2, 0.25) is 0 Å². The molecule has 3 rings (SSSR count). The van der Waals surface area contributed by atoms with Gasteiger partial charge in [-0.2, -0.15) is 5.10 Å². The Bertz CT molecular complexity index is 722. The molecule has 0 spiro atoms. The van der Waals surface area contributed by atoms with Crippen molar-refractivity contribution in [2.75, 3.05) is 25.0 Å². The van der Waals surface area contributed by atoms with Crippen molar-refractivity contribution in [3.05, 3.63) is 48.2 Å². The molecule has 1 aliphatic rings. The second kappa shape index (κ2) is 7.87. The van der Waals surface area contributed by atoms with Crippen molar-refractivity contribution in [3.63, 3.8) is 0 Å². The first-order valence-corrected chi connectivity index (χ1v) is 8.01. The summed E-state index contributed by atoms with van der Waals surface area (Å²) < 4.78 is 31.5. The van der Waals surface area contributed by atoms with Crippen molar-refractivity contribution in [2.24, 2.45) is 0 Å². The van der Waals surface area contributed by atoms with Gasteiger partial charge in [0.2, 0.25) is 0 Å². The fourth-order valence-electron chi connectivity index (χ4n) is 2.68. The molecule has 2 aromatic rings. The second-order valence-corrected chi connectivity index (χ2v) is 5.77. The second-order valence-electron chi connectivity index (χ2n) is 5.77. The lowest BCUT2D eigenvalue weighted by molar-refractivity contribution is -0.134. The number of ether oxygens (including phenoxy) is 1. The fourth-order valence-corrected chi connectivity index (χ4v) is 2.68. The number of amides is 1. The first-order chi connectivity index (χ1) is 12.1. The monoisotopic (exact) mass is 348 g/mol. The van der Waals surface area contributed by atoms with Gasteiger partial charge in [-0.05, 0) is 37.1 Å². The summed E-state index contributed by atoms with van der Waals surface area (Å²) >= 11 is 0. The minimum absolute atomic E-state index is 0.131. The Hall–Kier alpha value is -2.77. The number of nitrogens with zero attached hydrogens (tertiary/aromatic N) is 3. The predicted octanol–water partition coefficient (Wildman–Crippen LogP) is 2.24. The molecule has 8 heteroatoms. The highest BCUT2D eigenvalue weighted by Crippen LogP contribution is 2.18. The smallest absolute Gasteiger partial charge is 0.260 e. The van der Waals surface area contributed by atoms with Gasteiger partial charge in [0.15, 0.2) is 18.2 Å². The van der Waals surface area contributed by atoms with E-state index in [2.05, 4.69) is 15.5 Å². The summed E-state index contributed by atoms with van der Waals surface area (Å²) in [5, 5.41) is 11.1. The highest BCUT2D eigenvalue weighted by molar-refractivity contribution is 5.77. The van der Waals surface area contributed by atoms with Gasteiger partial charge in [0.1, 0.15) is 11.6 Å². The molecular formula is C17H18F2N4O2. The number of halogens is 2. The van der Waals surface area contributed by atoms with Crippen LogP contribution in [0.5, 0.6) is 5.75 Å². The number of anilines is 1. The van der Waals surface area contributed by atoms with Gasteiger partial charge in [-0.3, -0.25) is 4.79 Å². The maximum atomic E-state index is 13.5. The molecule has 0 bridgehead atoms. The van der Waals surface area contributed by atoms with Crippen LogP contribution < -0.4 is 10.1 Å². The number of hydrogen-bond acceptors (Lipinski definition) is 5. The molecule has 1 fully saturated rings. The molecule has 2 heterocycles. The number of aromatic nitrogens is 2. The molecule has 0 atom stereocenters. The number of hydrogen-bond donors (Lipinski definition) is 1. The van der Waals surface area contributed by atoms with E-state index >= 15 is 0 Å². The van der Waals surface area contributed by atoms with Gasteiger partial charge >= 0.3 is 0 Å². The van der Waals surface area contributed by atoms with Gasteiger partial charge in [-0.15, -0.1) is 5.10 Å². The third kappa shape index (κ3) is 4.62. The first-order valence-electron chi connectivity index (χ1n) is 8.01. The zero-order valence-corrected chi connectivity index (χ0v) is 13.5. The number of carbonyl (C=O) groups excluding carboxylic acids is 1. The summed E-state index contributed by atoms with van der Waals surface area (Å²) in [5.74, 6) is -1.15. The zero-order chi connectivity index (χ0) is 17.6. The molecular weight excluding hydrogens is 330 g/mol. The van der Waals surface area contributed by atoms with E-state index in [1.165, 1.54) is 6.07 Å². The van der Waals surface area contributed by atoms with E-state index in [1.807, 2.05) is 6.07 Å². The van der Waals surface area contributed by atoms with Crippen LogP contribution in [0, 0.1) is 11.6 Å². The van der Waals surface area contributed by atoms with E-state index in [-0.39, 0.29) is 24.3 Å². The molecule has 0 unspecified atom stereocenters. The maximum Gasteiger partial charge on any atom is 0.260 e. The quantitative estimate of drug-likeness (QED) is 0.898. The van der Waals surface area contributed by atoms with Crippen LogP contribution in [0.25, 0.3) is 0 Å². The van der Waals surface area contributed by atoms with Crippen LogP contribution in [0.1, 0.15) is 12.8 Å². The van der Waals surface area contributed by atoms with Gasteiger partial charge < -0.3 is 15.0 Å². The van der Waals surface area contributed by atoms with Crippen LogP contribution in [0.4, 0.5) is 14.6 Å². The predicted molar refractivity (Wildman–Crippen MR) is 87.1 cm³/mol. The highest BCUT2D eigenvalue weighted by Gasteiger charge is 2.23. The summed E-state index contributed by atoms with van der Waals surface area (Å²) in [6.45, 7) is 0.878. The number of benzene rings is 1. The molecule has 1 aromatic carbocycles. The molecule has 0 radical (unpaired) electrons. The van der Waals surface area contributed by atoms with E-state index in [0.29, 0.717) is 18.9 Å². The Kier molecular flexibility index (Phi) is 5.37. The first kappa shape index (κ1) is 17.1. The lowest BCUT2D eigenvalue weighted by Gasteiger charge is -2.32. The molecule has 1 N–H and O–H groups in total. The van der Waals surface area contributed by atoms with E-state index in [0.717, 1.165) is 25.0 Å². The van der Waals surface area contributed by atoms with Crippen LogP contribution in [-0.4, -0.2) is 46.7 Å². The molecule has 132 valence electrons. The average molecular weight is 348 g/mol. The summed E-state index contributed by atoms with van der Waals surface area (Å²) in [6, 6.07) is 6.86. The molecule has 1 aliphatic heterocycles. The lowest BCUT2D eigenvalue weighted by atomic mass is 10.1. The van der Waals surface area contributed by atoms with Crippen molar-refractivity contribution >= 4 is 11.7 Å². The Morgan fingerprint density at radius 2 is 2.08 bits per heavy atom. The number of piperidine rings is 1. The van der Waals surface area contributed by atoms with Gasteiger partial charge in [0, 0.05) is 31.4 Å². The molecule has 0 saturated carbocycles. The van der Waals surface area contributed by atoms with E-state index < -0.39 is 11.6 Å². The van der Waals surface area contributed by atoms with Crippen molar-refractivity contribution in [3.8, 4) is 5.75 Å². The van der Waals surface area contributed by atoms with Crippen LogP contribution >= 0.6 is 0 Å². The maximum absolute atomic E-state index is 13.5. The Labute approximate surface area is 143 Å². The lowest BCUT2D eigenvalue weighted by Crippen LogP contribution is -2.44.